The van der Waals surface area contributed by atoms with Crippen molar-refractivity contribution in [2.45, 2.75) is 20.3 Å². The molecule has 0 aromatic heterocycles. The summed E-state index contributed by atoms with van der Waals surface area (Å²) < 4.78 is 0. The third-order valence-electron chi connectivity index (χ3n) is 2.93. The predicted octanol–water partition coefficient (Wildman–Crippen LogP) is 2.94. The van der Waals surface area contributed by atoms with Gasteiger partial charge in [0.15, 0.2) is 5.96 Å². The molecule has 0 spiro atoms. The van der Waals surface area contributed by atoms with Crippen LogP contribution in [0.5, 0.6) is 0 Å². The zero-order valence-electron chi connectivity index (χ0n) is 12.9. The second-order valence-electron chi connectivity index (χ2n) is 5.15. The van der Waals surface area contributed by atoms with Crippen molar-refractivity contribution < 1.29 is 0 Å². The molecule has 0 aliphatic carbocycles. The van der Waals surface area contributed by atoms with Crippen LogP contribution in [-0.2, 0) is 6.42 Å². The first kappa shape index (κ1) is 18.2. The van der Waals surface area contributed by atoms with Gasteiger partial charge in [-0.2, -0.15) is 0 Å². The number of guanidine groups is 1. The maximum Gasteiger partial charge on any atom is 0.195 e. The summed E-state index contributed by atoms with van der Waals surface area (Å²) in [7, 11) is 8.10. The molecule has 0 unspecified atom stereocenters. The third-order valence-corrected chi connectivity index (χ3v) is 2.93. The number of benzene rings is 1. The van der Waals surface area contributed by atoms with E-state index in [0.29, 0.717) is 0 Å². The second kappa shape index (κ2) is 8.40. The minimum Gasteiger partial charge on any atom is -0.349 e. The Hall–Kier alpha value is -0.780. The van der Waals surface area contributed by atoms with Crippen LogP contribution in [-0.4, -0.2) is 50.5 Å². The summed E-state index contributed by atoms with van der Waals surface area (Å²) in [6, 6.07) is 6.62. The van der Waals surface area contributed by atoms with Gasteiger partial charge < -0.3 is 9.80 Å². The van der Waals surface area contributed by atoms with E-state index in [2.05, 4.69) is 37.0 Å². The zero-order valence-corrected chi connectivity index (χ0v) is 15.2. The number of nitrogens with zero attached hydrogens (tertiary/aromatic N) is 3. The van der Waals surface area contributed by atoms with Gasteiger partial charge in [-0.25, -0.2) is 0 Å². The van der Waals surface area contributed by atoms with E-state index in [4.69, 9.17) is 0 Å². The van der Waals surface area contributed by atoms with Crippen LogP contribution >= 0.6 is 24.0 Å². The quantitative estimate of drug-likeness (QED) is 0.460. The summed E-state index contributed by atoms with van der Waals surface area (Å²) in [5.74, 6) is 1.01. The van der Waals surface area contributed by atoms with E-state index in [1.165, 1.54) is 16.7 Å². The van der Waals surface area contributed by atoms with Crippen molar-refractivity contribution in [1.29, 1.82) is 0 Å². The van der Waals surface area contributed by atoms with Gasteiger partial charge in [-0.3, -0.25) is 4.99 Å². The summed E-state index contributed by atoms with van der Waals surface area (Å²) in [6.07, 6.45) is 0.997. The highest BCUT2D eigenvalue weighted by molar-refractivity contribution is 14.0. The number of aliphatic imine (C=N–C) groups is 1. The maximum atomic E-state index is 4.65. The molecule has 0 bridgehead atoms. The third kappa shape index (κ3) is 5.80. The van der Waals surface area contributed by atoms with Crippen molar-refractivity contribution in [1.82, 2.24) is 9.80 Å². The van der Waals surface area contributed by atoms with Gasteiger partial charge in [0.2, 0.25) is 0 Å². The smallest absolute Gasteiger partial charge is 0.195 e. The Morgan fingerprint density at radius 3 is 2.11 bits per heavy atom. The Balaban J connectivity index is 0.00000324. The van der Waals surface area contributed by atoms with Crippen LogP contribution in [0.4, 0.5) is 0 Å². The topological polar surface area (TPSA) is 18.8 Å². The van der Waals surface area contributed by atoms with Crippen LogP contribution in [0.3, 0.4) is 0 Å². The summed E-state index contributed by atoms with van der Waals surface area (Å²) in [6.45, 7) is 5.13. The second-order valence-corrected chi connectivity index (χ2v) is 5.15. The van der Waals surface area contributed by atoms with Gasteiger partial charge in [0, 0.05) is 34.7 Å². The molecule has 0 amide bonds. The summed E-state index contributed by atoms with van der Waals surface area (Å²) in [4.78, 5) is 8.74. The minimum absolute atomic E-state index is 0. The highest BCUT2D eigenvalue weighted by atomic mass is 127. The molecule has 0 N–H and O–H groups in total. The molecule has 0 saturated heterocycles. The molecule has 0 atom stereocenters. The highest BCUT2D eigenvalue weighted by Gasteiger charge is 2.04. The van der Waals surface area contributed by atoms with Gasteiger partial charge in [0.1, 0.15) is 0 Å². The normalized spacial score (nSPS) is 9.58. The lowest BCUT2D eigenvalue weighted by Crippen LogP contribution is -2.35. The zero-order chi connectivity index (χ0) is 13.7. The fraction of sp³-hybridized carbons (Fsp3) is 0.533. The number of rotatable bonds is 3. The first-order valence-corrected chi connectivity index (χ1v) is 6.37. The lowest BCUT2D eigenvalue weighted by Gasteiger charge is -2.22. The molecule has 0 saturated carbocycles. The number of hydrogen-bond acceptors (Lipinski definition) is 1. The lowest BCUT2D eigenvalue weighted by atomic mass is 10.0. The monoisotopic (exact) mass is 375 g/mol. The molecule has 108 valence electrons. The molecule has 1 rings (SSSR count). The molecule has 0 heterocycles. The van der Waals surface area contributed by atoms with Gasteiger partial charge >= 0.3 is 0 Å². The fourth-order valence-electron chi connectivity index (χ4n) is 2.09. The minimum atomic E-state index is 0. The molecule has 1 aromatic carbocycles. The average Bonchev–Trinajstić information content (AvgIpc) is 2.25. The van der Waals surface area contributed by atoms with E-state index in [1.54, 1.807) is 0 Å². The molecular weight excluding hydrogens is 349 g/mol. The first-order chi connectivity index (χ1) is 8.41. The molecule has 19 heavy (non-hydrogen) atoms. The Morgan fingerprint density at radius 2 is 1.63 bits per heavy atom. The van der Waals surface area contributed by atoms with Crippen molar-refractivity contribution in [3.05, 3.63) is 34.9 Å². The molecule has 4 heteroatoms. The van der Waals surface area contributed by atoms with Crippen LogP contribution in [0, 0.1) is 13.8 Å². The van der Waals surface area contributed by atoms with Gasteiger partial charge in [0.05, 0.1) is 0 Å². The van der Waals surface area contributed by atoms with E-state index >= 15 is 0 Å². The molecule has 0 aliphatic heterocycles. The average molecular weight is 375 g/mol. The Bertz CT molecular complexity index is 415. The van der Waals surface area contributed by atoms with E-state index in [-0.39, 0.29) is 24.0 Å². The summed E-state index contributed by atoms with van der Waals surface area (Å²) in [5.41, 5.74) is 4.07. The number of aryl methyl sites for hydroxylation is 2. The van der Waals surface area contributed by atoms with Crippen molar-refractivity contribution in [2.24, 2.45) is 4.99 Å². The molecule has 0 fully saturated rings. The fourth-order valence-corrected chi connectivity index (χ4v) is 2.09. The van der Waals surface area contributed by atoms with Crippen molar-refractivity contribution in [2.75, 3.05) is 34.7 Å². The van der Waals surface area contributed by atoms with Crippen LogP contribution < -0.4 is 0 Å². The standard InChI is InChI=1S/C15H25N3.HI/c1-12-7-8-14(13(2)11-12)9-10-16-15(17(3)4)18(5)6;/h7-8,11H,9-10H2,1-6H3;1H. The van der Waals surface area contributed by atoms with Crippen LogP contribution in [0.15, 0.2) is 23.2 Å². The predicted molar refractivity (Wildman–Crippen MR) is 94.7 cm³/mol. The summed E-state index contributed by atoms with van der Waals surface area (Å²) in [5, 5.41) is 0. The molecule has 0 aliphatic rings. The van der Waals surface area contributed by atoms with Gasteiger partial charge in [-0.05, 0) is 31.4 Å². The van der Waals surface area contributed by atoms with E-state index in [9.17, 15) is 0 Å². The van der Waals surface area contributed by atoms with Crippen molar-refractivity contribution in [3.63, 3.8) is 0 Å². The highest BCUT2D eigenvalue weighted by Crippen LogP contribution is 2.11. The van der Waals surface area contributed by atoms with Gasteiger partial charge in [-0.1, -0.05) is 23.8 Å². The largest absolute Gasteiger partial charge is 0.349 e. The van der Waals surface area contributed by atoms with Crippen LogP contribution in [0.1, 0.15) is 16.7 Å². The molecule has 0 radical (unpaired) electrons. The number of halogens is 1. The van der Waals surface area contributed by atoms with E-state index in [1.807, 2.05) is 38.0 Å². The van der Waals surface area contributed by atoms with Gasteiger partial charge in [-0.15, -0.1) is 24.0 Å². The van der Waals surface area contributed by atoms with E-state index in [0.717, 1.165) is 18.9 Å². The van der Waals surface area contributed by atoms with Crippen molar-refractivity contribution >= 4 is 29.9 Å². The van der Waals surface area contributed by atoms with Crippen molar-refractivity contribution in [3.8, 4) is 0 Å². The van der Waals surface area contributed by atoms with Crippen LogP contribution in [0.2, 0.25) is 0 Å². The summed E-state index contributed by atoms with van der Waals surface area (Å²) >= 11 is 0. The molecular formula is C15H26IN3. The SMILES string of the molecule is Cc1ccc(CCN=C(N(C)C)N(C)C)c(C)c1.I. The van der Waals surface area contributed by atoms with E-state index < -0.39 is 0 Å². The van der Waals surface area contributed by atoms with Gasteiger partial charge in [0.25, 0.3) is 0 Å². The Morgan fingerprint density at radius 1 is 1.05 bits per heavy atom. The molecule has 3 nitrogen and oxygen atoms in total. The van der Waals surface area contributed by atoms with Crippen LogP contribution in [0.25, 0.3) is 0 Å². The lowest BCUT2D eigenvalue weighted by molar-refractivity contribution is 0.479. The Kier molecular flexibility index (Phi) is 8.06. The first-order valence-electron chi connectivity index (χ1n) is 6.37. The number of hydrogen-bond donors (Lipinski definition) is 0. The maximum absolute atomic E-state index is 4.65. The Labute approximate surface area is 134 Å². The molecule has 1 aromatic rings.